The molecular weight excluding hydrogens is 897 g/mol. The van der Waals surface area contributed by atoms with Crippen molar-refractivity contribution in [2.45, 2.75) is 210 Å². The molecule has 6 rings (SSSR count). The molecule has 3 heteroatoms. The van der Waals surface area contributed by atoms with Crippen molar-refractivity contribution in [2.75, 3.05) is 9.80 Å². The van der Waals surface area contributed by atoms with E-state index >= 15 is 0 Å². The summed E-state index contributed by atoms with van der Waals surface area (Å²) in [5.41, 5.74) is 18.1. The van der Waals surface area contributed by atoms with E-state index in [1.54, 1.807) is 0 Å². The van der Waals surface area contributed by atoms with E-state index < -0.39 is 8.07 Å². The molecule has 73 heavy (non-hydrogen) atoms. The van der Waals surface area contributed by atoms with Crippen molar-refractivity contribution in [3.8, 4) is 0 Å². The number of fused-ring (bicyclic) bond motifs is 1. The minimum absolute atomic E-state index is 0.0746. The average Bonchev–Trinajstić information content (AvgIpc) is 3.24. The van der Waals surface area contributed by atoms with Gasteiger partial charge in [0.25, 0.3) is 0 Å². The van der Waals surface area contributed by atoms with Crippen molar-refractivity contribution in [2.24, 2.45) is 0 Å². The highest BCUT2D eigenvalue weighted by atomic mass is 28.3. The van der Waals surface area contributed by atoms with E-state index in [2.05, 4.69) is 298 Å². The van der Waals surface area contributed by atoms with Crippen molar-refractivity contribution in [3.05, 3.63) is 166 Å². The van der Waals surface area contributed by atoms with Gasteiger partial charge >= 0.3 is 0 Å². The molecule has 2 nitrogen and oxygen atoms in total. The predicted molar refractivity (Wildman–Crippen MR) is 331 cm³/mol. The van der Waals surface area contributed by atoms with Gasteiger partial charge in [-0.1, -0.05) is 244 Å². The maximum absolute atomic E-state index is 4.29. The molecule has 0 radical (unpaired) electrons. The molecule has 0 spiro atoms. The molecule has 0 saturated heterocycles. The van der Waals surface area contributed by atoms with E-state index in [0.717, 1.165) is 0 Å². The van der Waals surface area contributed by atoms with Crippen LogP contribution < -0.4 is 15.0 Å². The molecule has 0 amide bonds. The Morgan fingerprint density at radius 1 is 0.384 bits per heavy atom. The summed E-state index contributed by atoms with van der Waals surface area (Å²) in [6.07, 6.45) is 6.42. The van der Waals surface area contributed by atoms with E-state index in [1.165, 1.54) is 100 Å². The molecule has 0 aliphatic rings. The Morgan fingerprint density at radius 3 is 0.945 bits per heavy atom. The lowest BCUT2D eigenvalue weighted by atomic mass is 9.79. The van der Waals surface area contributed by atoms with E-state index in [1.807, 2.05) is 6.08 Å². The second-order valence-corrected chi connectivity index (χ2v) is 34.7. The Morgan fingerprint density at radius 2 is 0.658 bits per heavy atom. The van der Waals surface area contributed by atoms with Crippen molar-refractivity contribution in [1.82, 2.24) is 0 Å². The highest BCUT2D eigenvalue weighted by Gasteiger charge is 2.33. The molecule has 0 unspecified atom stereocenters. The van der Waals surface area contributed by atoms with E-state index in [9.17, 15) is 0 Å². The Hall–Kier alpha value is -5.12. The highest BCUT2D eigenvalue weighted by molar-refractivity contribution is 6.88. The van der Waals surface area contributed by atoms with Gasteiger partial charge in [0.05, 0.1) is 19.4 Å². The zero-order chi connectivity index (χ0) is 55.0. The van der Waals surface area contributed by atoms with E-state index in [-0.39, 0.29) is 37.9 Å². The van der Waals surface area contributed by atoms with Crippen LogP contribution in [0.2, 0.25) is 19.6 Å². The molecule has 6 aromatic carbocycles. The van der Waals surface area contributed by atoms with Gasteiger partial charge in [0.15, 0.2) is 0 Å². The third-order valence-electron chi connectivity index (χ3n) is 14.9. The molecule has 6 aromatic rings. The average molecular weight is 994 g/mol. The SMILES string of the molecule is C=C/C=C\c1c(C)c(N(c2cc(C(C)(C)C)cc(C(C)(C)C)c2)c2cc(C(C)(C)C)cc(C(C)(C)C)c2)c2ccccc2c1N(c1cc(C(C)(C)C)cc(C(C)(C)C)c1)c1cc(C(C)(C)C)cc([Si](C)(C)C)c1. The molecule has 0 saturated carbocycles. The summed E-state index contributed by atoms with van der Waals surface area (Å²) < 4.78 is 0. The number of hydrogen-bond donors (Lipinski definition) is 0. The van der Waals surface area contributed by atoms with Crippen LogP contribution in [0.15, 0.2) is 116 Å². The summed E-state index contributed by atoms with van der Waals surface area (Å²) in [6, 6.07) is 39.0. The summed E-state index contributed by atoms with van der Waals surface area (Å²) in [7, 11) is -1.84. The van der Waals surface area contributed by atoms with Crippen molar-refractivity contribution >= 4 is 64.2 Å². The van der Waals surface area contributed by atoms with Gasteiger partial charge in [-0.25, -0.2) is 0 Å². The largest absolute Gasteiger partial charge is 0.310 e. The lowest BCUT2D eigenvalue weighted by Crippen LogP contribution is -2.39. The molecule has 0 N–H and O–H groups in total. The van der Waals surface area contributed by atoms with Crippen LogP contribution in [0.25, 0.3) is 16.8 Å². The Balaban J connectivity index is 1.96. The second-order valence-electron chi connectivity index (χ2n) is 29.6. The van der Waals surface area contributed by atoms with Crippen LogP contribution in [-0.4, -0.2) is 8.07 Å². The first kappa shape index (κ1) is 57.2. The Bertz CT molecular complexity index is 2760. The number of hydrogen-bond acceptors (Lipinski definition) is 2. The van der Waals surface area contributed by atoms with Crippen LogP contribution in [0.4, 0.5) is 34.1 Å². The van der Waals surface area contributed by atoms with Crippen molar-refractivity contribution < 1.29 is 0 Å². The van der Waals surface area contributed by atoms with Crippen LogP contribution >= 0.6 is 0 Å². The summed E-state index contributed by atoms with van der Waals surface area (Å²) in [5.74, 6) is 0. The standard InChI is InChI=1S/C70H96N2Si/c1-27-28-31-59-46(2)62(71(54-37-47(64(3,4)5)34-48(38-54)65(6,7)8)55-39-49(66(9,10)11)35-50(40-55)67(12,13)14)60-32-29-30-33-61(60)63(59)72(56-41-51(68(15,16)17)36-52(42-56)69(18,19)20)57-43-53(70(21,22)23)44-58(45-57)73(24,25)26/h27-45H,1H2,2-26H3/b31-28-. The van der Waals surface area contributed by atoms with Gasteiger partial charge in [-0.15, -0.1) is 0 Å². The lowest BCUT2D eigenvalue weighted by Gasteiger charge is -2.37. The molecule has 0 heterocycles. The number of anilines is 6. The third kappa shape index (κ3) is 12.5. The van der Waals surface area contributed by atoms with Gasteiger partial charge in [-0.2, -0.15) is 0 Å². The summed E-state index contributed by atoms with van der Waals surface area (Å²) >= 11 is 0. The summed E-state index contributed by atoms with van der Waals surface area (Å²) in [5, 5.41) is 3.85. The number of rotatable bonds is 9. The normalized spacial score (nSPS) is 13.5. The Kier molecular flexibility index (Phi) is 15.3. The highest BCUT2D eigenvalue weighted by Crippen LogP contribution is 2.53. The Labute approximate surface area is 447 Å². The first-order valence-corrected chi connectivity index (χ1v) is 30.7. The molecule has 0 fully saturated rings. The lowest BCUT2D eigenvalue weighted by molar-refractivity contribution is 0.567. The number of nitrogens with zero attached hydrogens (tertiary/aromatic N) is 2. The van der Waals surface area contributed by atoms with E-state index in [0.29, 0.717) is 0 Å². The molecule has 0 aliphatic carbocycles. The van der Waals surface area contributed by atoms with Crippen LogP contribution in [0.3, 0.4) is 0 Å². The smallest absolute Gasteiger partial charge is 0.0777 e. The molecule has 0 bridgehead atoms. The van der Waals surface area contributed by atoms with Gasteiger partial charge in [0.1, 0.15) is 0 Å². The van der Waals surface area contributed by atoms with Gasteiger partial charge < -0.3 is 9.80 Å². The van der Waals surface area contributed by atoms with Crippen molar-refractivity contribution in [3.63, 3.8) is 0 Å². The van der Waals surface area contributed by atoms with Crippen LogP contribution in [0, 0.1) is 6.92 Å². The predicted octanol–water partition coefficient (Wildman–Crippen LogP) is 20.9. The minimum Gasteiger partial charge on any atom is -0.310 e. The second kappa shape index (κ2) is 19.5. The van der Waals surface area contributed by atoms with Gasteiger partial charge in [-0.3, -0.25) is 0 Å². The molecule has 0 aromatic heterocycles. The quantitative estimate of drug-likeness (QED) is 0.105. The third-order valence-corrected chi connectivity index (χ3v) is 17.0. The first-order chi connectivity index (χ1) is 33.1. The monoisotopic (exact) mass is 993 g/mol. The number of allylic oxidation sites excluding steroid dienone is 2. The fraction of sp³-hybridized carbons (Fsp3) is 0.457. The maximum Gasteiger partial charge on any atom is 0.0777 e. The minimum atomic E-state index is -1.84. The van der Waals surface area contributed by atoms with Crippen LogP contribution in [0.5, 0.6) is 0 Å². The number of benzene rings is 6. The van der Waals surface area contributed by atoms with Crippen molar-refractivity contribution in [1.29, 1.82) is 0 Å². The molecule has 0 aliphatic heterocycles. The zero-order valence-corrected chi connectivity index (χ0v) is 51.6. The molecule has 0 atom stereocenters. The maximum atomic E-state index is 4.29. The van der Waals surface area contributed by atoms with Gasteiger partial charge in [-0.05, 0) is 138 Å². The van der Waals surface area contributed by atoms with E-state index in [4.69, 9.17) is 0 Å². The van der Waals surface area contributed by atoms with Crippen LogP contribution in [0.1, 0.15) is 195 Å². The molecular formula is C70H96N2Si. The first-order valence-electron chi connectivity index (χ1n) is 27.2. The fourth-order valence-electron chi connectivity index (χ4n) is 9.69. The van der Waals surface area contributed by atoms with Crippen LogP contribution in [-0.2, 0) is 37.9 Å². The van der Waals surface area contributed by atoms with Gasteiger partial charge in [0, 0.05) is 39.1 Å². The van der Waals surface area contributed by atoms with Gasteiger partial charge in [0.2, 0.25) is 0 Å². The zero-order valence-electron chi connectivity index (χ0n) is 50.6. The fourth-order valence-corrected chi connectivity index (χ4v) is 10.9. The summed E-state index contributed by atoms with van der Waals surface area (Å²) in [4.78, 5) is 5.28. The summed E-state index contributed by atoms with van der Waals surface area (Å²) in [6.45, 7) is 63.6. The topological polar surface area (TPSA) is 6.48 Å². The molecule has 390 valence electrons.